The number of ether oxygens (including phenoxy) is 4. The second-order valence-electron chi connectivity index (χ2n) is 6.24. The maximum Gasteiger partial charge on any atom is 0.344 e. The Morgan fingerprint density at radius 3 is 2.52 bits per heavy atom. The lowest BCUT2D eigenvalue weighted by Gasteiger charge is -2.27. The van der Waals surface area contributed by atoms with Gasteiger partial charge in [0.2, 0.25) is 17.5 Å². The van der Waals surface area contributed by atoms with E-state index in [2.05, 4.69) is 14.3 Å². The number of carboxylic acids is 1. The fourth-order valence-corrected chi connectivity index (χ4v) is 2.91. The van der Waals surface area contributed by atoms with Gasteiger partial charge in [-0.05, 0) is 19.1 Å². The number of aromatic nitrogens is 2. The first-order valence-corrected chi connectivity index (χ1v) is 10.2. The van der Waals surface area contributed by atoms with Crippen LogP contribution in [-0.4, -0.2) is 69.0 Å². The van der Waals surface area contributed by atoms with Crippen LogP contribution in [0, 0.1) is 0 Å². The van der Waals surface area contributed by atoms with Crippen LogP contribution in [0.5, 0.6) is 23.1 Å². The molecule has 0 radical (unpaired) electrons. The standard InChI is InChI=1S/C18H20N4O8S/c1-11(17(23)24)29-16-14(30-13-6-4-3-5-12(13)27-2)15(21-31(25)26)19-18(20-16)22-7-9-28-10-8-22/h3-6,11H,7-10H2,1-2H3,(H,23,24). The van der Waals surface area contributed by atoms with Crippen molar-refractivity contribution < 1.29 is 37.3 Å². The summed E-state index contributed by atoms with van der Waals surface area (Å²) in [4.78, 5) is 21.6. The molecule has 12 nitrogen and oxygen atoms in total. The van der Waals surface area contributed by atoms with Gasteiger partial charge in [-0.15, -0.1) is 4.36 Å². The van der Waals surface area contributed by atoms with Gasteiger partial charge < -0.3 is 29.0 Å². The highest BCUT2D eigenvalue weighted by atomic mass is 32.2. The van der Waals surface area contributed by atoms with Crippen LogP contribution >= 0.6 is 0 Å². The third kappa shape index (κ3) is 5.58. The molecule has 0 bridgehead atoms. The van der Waals surface area contributed by atoms with Crippen LogP contribution in [0.3, 0.4) is 0 Å². The van der Waals surface area contributed by atoms with E-state index in [0.29, 0.717) is 32.1 Å². The molecular weight excluding hydrogens is 432 g/mol. The number of carbonyl (C=O) groups is 1. The number of carboxylic acid groups (broad SMARTS) is 1. The quantitative estimate of drug-likeness (QED) is 0.623. The molecule has 1 N–H and O–H groups in total. The average Bonchev–Trinajstić information content (AvgIpc) is 2.76. The summed E-state index contributed by atoms with van der Waals surface area (Å²) in [5.74, 6) is -1.49. The van der Waals surface area contributed by atoms with Gasteiger partial charge in [0.15, 0.2) is 17.6 Å². The van der Waals surface area contributed by atoms with Gasteiger partial charge in [0.25, 0.3) is 5.88 Å². The lowest BCUT2D eigenvalue weighted by atomic mass is 10.3. The molecule has 0 aliphatic carbocycles. The molecule has 1 aliphatic rings. The molecule has 1 saturated heterocycles. The number of benzene rings is 1. The van der Waals surface area contributed by atoms with Crippen molar-refractivity contribution in [1.82, 2.24) is 9.97 Å². The first-order valence-electron chi connectivity index (χ1n) is 9.15. The predicted molar refractivity (Wildman–Crippen MR) is 107 cm³/mol. The van der Waals surface area contributed by atoms with Crippen LogP contribution in [-0.2, 0) is 20.0 Å². The number of morpholine rings is 1. The molecule has 1 aliphatic heterocycles. The van der Waals surface area contributed by atoms with Crippen molar-refractivity contribution in [2.75, 3.05) is 38.3 Å². The average molecular weight is 452 g/mol. The van der Waals surface area contributed by atoms with Crippen molar-refractivity contribution in [2.24, 2.45) is 4.36 Å². The SMILES string of the molecule is COc1ccccc1Oc1c(N=S(=O)=O)nc(N2CCOCC2)nc1OC(C)C(=O)O. The smallest absolute Gasteiger partial charge is 0.344 e. The maximum atomic E-state index is 11.3. The number of hydrogen-bond donors (Lipinski definition) is 1. The first-order chi connectivity index (χ1) is 14.9. The zero-order chi connectivity index (χ0) is 22.4. The lowest BCUT2D eigenvalue weighted by Crippen LogP contribution is -2.37. The van der Waals surface area contributed by atoms with Crippen molar-refractivity contribution in [2.45, 2.75) is 13.0 Å². The molecule has 0 saturated carbocycles. The number of methoxy groups -OCH3 is 1. The van der Waals surface area contributed by atoms with E-state index in [1.807, 2.05) is 0 Å². The number of rotatable bonds is 8. The maximum absolute atomic E-state index is 11.3. The fraction of sp³-hybridized carbons (Fsp3) is 0.389. The number of nitrogens with zero attached hydrogens (tertiary/aromatic N) is 4. The summed E-state index contributed by atoms with van der Waals surface area (Å²) in [6, 6.07) is 6.58. The van der Waals surface area contributed by atoms with E-state index in [0.717, 1.165) is 0 Å². The summed E-state index contributed by atoms with van der Waals surface area (Å²) in [6.07, 6.45) is -1.31. The Balaban J connectivity index is 2.16. The molecule has 1 unspecified atom stereocenters. The highest BCUT2D eigenvalue weighted by molar-refractivity contribution is 7.61. The van der Waals surface area contributed by atoms with E-state index in [1.54, 1.807) is 29.2 Å². The van der Waals surface area contributed by atoms with E-state index in [4.69, 9.17) is 18.9 Å². The third-order valence-corrected chi connectivity index (χ3v) is 4.50. The van der Waals surface area contributed by atoms with Crippen molar-refractivity contribution >= 4 is 28.2 Å². The molecule has 2 heterocycles. The minimum Gasteiger partial charge on any atom is -0.493 e. The monoisotopic (exact) mass is 452 g/mol. The van der Waals surface area contributed by atoms with Crippen LogP contribution in [0.1, 0.15) is 6.92 Å². The van der Waals surface area contributed by atoms with Crippen molar-refractivity contribution in [1.29, 1.82) is 0 Å². The van der Waals surface area contributed by atoms with Crippen LogP contribution in [0.2, 0.25) is 0 Å². The Bertz CT molecular complexity index is 1080. The first kappa shape index (κ1) is 22.2. The summed E-state index contributed by atoms with van der Waals surface area (Å²) in [5, 5.41) is 9.26. The van der Waals surface area contributed by atoms with Crippen LogP contribution in [0.4, 0.5) is 11.8 Å². The van der Waals surface area contributed by atoms with E-state index >= 15 is 0 Å². The third-order valence-electron chi connectivity index (χ3n) is 4.18. The minimum atomic E-state index is -2.88. The van der Waals surface area contributed by atoms with E-state index in [-0.39, 0.29) is 29.1 Å². The molecule has 13 heteroatoms. The second kappa shape index (κ2) is 10.0. The number of aliphatic carboxylic acids is 1. The molecular formula is C18H20N4O8S. The van der Waals surface area contributed by atoms with Crippen molar-refractivity contribution in [3.63, 3.8) is 0 Å². The number of para-hydroxylation sites is 2. The Morgan fingerprint density at radius 2 is 1.90 bits per heavy atom. The Kier molecular flexibility index (Phi) is 7.20. The molecule has 3 rings (SSSR count). The lowest BCUT2D eigenvalue weighted by molar-refractivity contribution is -0.144. The molecule has 1 atom stereocenters. The predicted octanol–water partition coefficient (Wildman–Crippen LogP) is 1.66. The Hall–Kier alpha value is -3.45. The van der Waals surface area contributed by atoms with Crippen molar-refractivity contribution in [3.05, 3.63) is 24.3 Å². The highest BCUT2D eigenvalue weighted by Gasteiger charge is 2.26. The van der Waals surface area contributed by atoms with Crippen LogP contribution < -0.4 is 19.1 Å². The van der Waals surface area contributed by atoms with Gasteiger partial charge in [-0.3, -0.25) is 0 Å². The molecule has 2 aromatic rings. The van der Waals surface area contributed by atoms with Gasteiger partial charge in [0, 0.05) is 13.1 Å². The number of hydrogen-bond acceptors (Lipinski definition) is 11. The normalized spacial score (nSPS) is 14.5. The van der Waals surface area contributed by atoms with E-state index in [9.17, 15) is 18.3 Å². The summed E-state index contributed by atoms with van der Waals surface area (Å²) >= 11 is 0. The van der Waals surface area contributed by atoms with Crippen LogP contribution in [0.15, 0.2) is 28.6 Å². The van der Waals surface area contributed by atoms with E-state index < -0.39 is 22.6 Å². The van der Waals surface area contributed by atoms with Crippen LogP contribution in [0.25, 0.3) is 0 Å². The Morgan fingerprint density at radius 1 is 1.23 bits per heavy atom. The Labute approximate surface area is 179 Å². The van der Waals surface area contributed by atoms with Gasteiger partial charge in [0.05, 0.1) is 20.3 Å². The molecule has 0 spiro atoms. The minimum absolute atomic E-state index is 0.104. The molecule has 0 amide bonds. The largest absolute Gasteiger partial charge is 0.493 e. The van der Waals surface area contributed by atoms with Gasteiger partial charge in [-0.2, -0.15) is 18.4 Å². The number of anilines is 1. The van der Waals surface area contributed by atoms with Gasteiger partial charge >= 0.3 is 16.5 Å². The zero-order valence-corrected chi connectivity index (χ0v) is 17.5. The summed E-state index contributed by atoms with van der Waals surface area (Å²) in [7, 11) is -1.44. The second-order valence-corrected chi connectivity index (χ2v) is 6.86. The summed E-state index contributed by atoms with van der Waals surface area (Å²) < 4.78 is 48.0. The zero-order valence-electron chi connectivity index (χ0n) is 16.7. The van der Waals surface area contributed by atoms with E-state index in [1.165, 1.54) is 14.0 Å². The molecule has 31 heavy (non-hydrogen) atoms. The highest BCUT2D eigenvalue weighted by Crippen LogP contribution is 2.42. The molecule has 166 valence electrons. The van der Waals surface area contributed by atoms with Crippen molar-refractivity contribution in [3.8, 4) is 23.1 Å². The van der Waals surface area contributed by atoms with Gasteiger partial charge in [-0.1, -0.05) is 12.1 Å². The fourth-order valence-electron chi connectivity index (χ4n) is 2.65. The molecule has 1 aromatic carbocycles. The topological polar surface area (TPSA) is 150 Å². The summed E-state index contributed by atoms with van der Waals surface area (Å²) in [5.41, 5.74) is 0. The molecule has 1 aromatic heterocycles. The van der Waals surface area contributed by atoms with Gasteiger partial charge in [0.1, 0.15) is 0 Å². The molecule has 1 fully saturated rings. The summed E-state index contributed by atoms with van der Waals surface area (Å²) in [6.45, 7) is 3.03. The van der Waals surface area contributed by atoms with Gasteiger partial charge in [-0.25, -0.2) is 4.79 Å².